The molecule has 0 bridgehead atoms. The molecule has 6 heteroatoms. The maximum Gasteiger partial charge on any atom is 0.340 e. The maximum atomic E-state index is 11.6. The van der Waals surface area contributed by atoms with Crippen molar-refractivity contribution in [2.24, 2.45) is 0 Å². The Morgan fingerprint density at radius 2 is 2.19 bits per heavy atom. The van der Waals surface area contributed by atoms with Gasteiger partial charge in [-0.15, -0.1) is 11.3 Å². The van der Waals surface area contributed by atoms with Crippen LogP contribution in [0.15, 0.2) is 41.9 Å². The molecule has 0 fully saturated rings. The maximum absolute atomic E-state index is 11.6. The van der Waals surface area contributed by atoms with Crippen LogP contribution in [0.3, 0.4) is 0 Å². The zero-order chi connectivity index (χ0) is 14.8. The van der Waals surface area contributed by atoms with Crippen molar-refractivity contribution in [3.05, 3.63) is 47.5 Å². The molecule has 3 N–H and O–H groups in total. The van der Waals surface area contributed by atoms with Crippen molar-refractivity contribution in [1.82, 2.24) is 4.98 Å². The predicted octanol–water partition coefficient (Wildman–Crippen LogP) is 3.41. The standard InChI is InChI=1S/C15H13N3O2S/c1-20-15(19)11-4-6-17-14(13(11)16)18-10-2-3-12-9(8-10)5-7-21-12/h2-8H,16H2,1H3,(H,17,18). The molecule has 3 aromatic rings. The van der Waals surface area contributed by atoms with E-state index in [4.69, 9.17) is 10.5 Å². The Bertz CT molecular complexity index is 814. The first-order chi connectivity index (χ1) is 10.2. The summed E-state index contributed by atoms with van der Waals surface area (Å²) in [6.07, 6.45) is 1.52. The average molecular weight is 299 g/mol. The highest BCUT2D eigenvalue weighted by molar-refractivity contribution is 7.17. The van der Waals surface area contributed by atoms with Gasteiger partial charge in [0.05, 0.1) is 18.4 Å². The Morgan fingerprint density at radius 3 is 3.00 bits per heavy atom. The normalized spacial score (nSPS) is 10.5. The van der Waals surface area contributed by atoms with Crippen molar-refractivity contribution in [3.8, 4) is 0 Å². The lowest BCUT2D eigenvalue weighted by atomic mass is 10.2. The molecule has 0 aliphatic heterocycles. The Hall–Kier alpha value is -2.60. The Morgan fingerprint density at radius 1 is 1.33 bits per heavy atom. The fraction of sp³-hybridized carbons (Fsp3) is 0.0667. The van der Waals surface area contributed by atoms with E-state index in [-0.39, 0.29) is 5.69 Å². The molecule has 0 saturated heterocycles. The number of aromatic nitrogens is 1. The van der Waals surface area contributed by atoms with Gasteiger partial charge in [-0.2, -0.15) is 0 Å². The van der Waals surface area contributed by atoms with E-state index in [9.17, 15) is 4.79 Å². The molecular formula is C15H13N3O2S. The van der Waals surface area contributed by atoms with Gasteiger partial charge in [-0.25, -0.2) is 9.78 Å². The largest absolute Gasteiger partial charge is 0.465 e. The molecule has 5 nitrogen and oxygen atoms in total. The van der Waals surface area contributed by atoms with E-state index in [0.29, 0.717) is 11.4 Å². The number of carbonyl (C=O) groups excluding carboxylic acids is 1. The number of rotatable bonds is 3. The lowest BCUT2D eigenvalue weighted by Gasteiger charge is -2.11. The molecule has 3 rings (SSSR count). The van der Waals surface area contributed by atoms with Gasteiger partial charge in [0.2, 0.25) is 0 Å². The molecule has 0 amide bonds. The first kappa shape index (κ1) is 13.4. The number of benzene rings is 1. The molecule has 21 heavy (non-hydrogen) atoms. The summed E-state index contributed by atoms with van der Waals surface area (Å²) in [7, 11) is 1.32. The zero-order valence-electron chi connectivity index (χ0n) is 11.3. The summed E-state index contributed by atoms with van der Waals surface area (Å²) in [4.78, 5) is 15.8. The van der Waals surface area contributed by atoms with Gasteiger partial charge in [-0.3, -0.25) is 0 Å². The van der Waals surface area contributed by atoms with Crippen molar-refractivity contribution < 1.29 is 9.53 Å². The number of nitrogens with two attached hydrogens (primary N) is 1. The van der Waals surface area contributed by atoms with Crippen LogP contribution < -0.4 is 11.1 Å². The molecule has 106 valence electrons. The molecule has 0 atom stereocenters. The van der Waals surface area contributed by atoms with Gasteiger partial charge in [-0.1, -0.05) is 0 Å². The van der Waals surface area contributed by atoms with Crippen molar-refractivity contribution in [2.75, 3.05) is 18.2 Å². The van der Waals surface area contributed by atoms with Crippen LogP contribution in [0.1, 0.15) is 10.4 Å². The molecule has 0 radical (unpaired) electrons. The van der Waals surface area contributed by atoms with Crippen LogP contribution in [0.2, 0.25) is 0 Å². The average Bonchev–Trinajstić information content (AvgIpc) is 2.96. The fourth-order valence-corrected chi connectivity index (χ4v) is 2.81. The summed E-state index contributed by atoms with van der Waals surface area (Å²) in [5, 5.41) is 6.32. The molecule has 0 unspecified atom stereocenters. The highest BCUT2D eigenvalue weighted by Crippen LogP contribution is 2.28. The first-order valence-corrected chi connectivity index (χ1v) is 7.14. The topological polar surface area (TPSA) is 77.2 Å². The van der Waals surface area contributed by atoms with Crippen LogP contribution in [0, 0.1) is 0 Å². The minimum Gasteiger partial charge on any atom is -0.465 e. The zero-order valence-corrected chi connectivity index (χ0v) is 12.1. The van der Waals surface area contributed by atoms with E-state index in [1.54, 1.807) is 11.3 Å². The lowest BCUT2D eigenvalue weighted by molar-refractivity contribution is 0.0602. The molecule has 1 aromatic carbocycles. The number of thiophene rings is 1. The number of fused-ring (bicyclic) bond motifs is 1. The third-order valence-corrected chi connectivity index (χ3v) is 4.01. The molecule has 0 aliphatic carbocycles. The van der Waals surface area contributed by atoms with Gasteiger partial charge >= 0.3 is 5.97 Å². The van der Waals surface area contributed by atoms with Gasteiger partial charge in [0, 0.05) is 16.6 Å². The molecule has 0 spiro atoms. The van der Waals surface area contributed by atoms with Crippen LogP contribution in [0.4, 0.5) is 17.2 Å². The van der Waals surface area contributed by atoms with E-state index < -0.39 is 5.97 Å². The van der Waals surface area contributed by atoms with Gasteiger partial charge in [0.1, 0.15) is 0 Å². The van der Waals surface area contributed by atoms with Crippen LogP contribution in [-0.2, 0) is 4.74 Å². The number of nitrogens with one attached hydrogen (secondary N) is 1. The number of pyridine rings is 1. The van der Waals surface area contributed by atoms with Gasteiger partial charge in [0.25, 0.3) is 0 Å². The van der Waals surface area contributed by atoms with E-state index in [1.165, 1.54) is 24.1 Å². The van der Waals surface area contributed by atoms with E-state index >= 15 is 0 Å². The fourth-order valence-electron chi connectivity index (χ4n) is 2.04. The summed E-state index contributed by atoms with van der Waals surface area (Å²) in [5.41, 5.74) is 7.41. The monoisotopic (exact) mass is 299 g/mol. The minimum absolute atomic E-state index is 0.273. The van der Waals surface area contributed by atoms with Crippen LogP contribution in [0.25, 0.3) is 10.1 Å². The minimum atomic E-state index is -0.480. The molecular weight excluding hydrogens is 286 g/mol. The number of esters is 1. The number of nitrogens with zero attached hydrogens (tertiary/aromatic N) is 1. The second kappa shape index (κ2) is 5.41. The molecule has 2 aromatic heterocycles. The second-order valence-electron chi connectivity index (χ2n) is 4.41. The quantitative estimate of drug-likeness (QED) is 0.725. The number of carbonyl (C=O) groups is 1. The van der Waals surface area contributed by atoms with Crippen LogP contribution >= 0.6 is 11.3 Å². The van der Waals surface area contributed by atoms with Crippen molar-refractivity contribution in [1.29, 1.82) is 0 Å². The van der Waals surface area contributed by atoms with Gasteiger partial charge in [-0.05, 0) is 41.1 Å². The van der Waals surface area contributed by atoms with E-state index in [1.807, 2.05) is 29.6 Å². The van der Waals surface area contributed by atoms with Crippen LogP contribution in [-0.4, -0.2) is 18.1 Å². The summed E-state index contributed by atoms with van der Waals surface area (Å²) in [5.74, 6) is -0.0429. The lowest BCUT2D eigenvalue weighted by Crippen LogP contribution is -2.08. The van der Waals surface area contributed by atoms with E-state index in [2.05, 4.69) is 10.3 Å². The van der Waals surface area contributed by atoms with Gasteiger partial charge in [0.15, 0.2) is 5.82 Å². The Kier molecular flexibility index (Phi) is 3.45. The van der Waals surface area contributed by atoms with Crippen molar-refractivity contribution >= 4 is 44.6 Å². The molecule has 2 heterocycles. The van der Waals surface area contributed by atoms with Crippen molar-refractivity contribution in [2.45, 2.75) is 0 Å². The summed E-state index contributed by atoms with van der Waals surface area (Å²) < 4.78 is 5.91. The SMILES string of the molecule is COC(=O)c1ccnc(Nc2ccc3sccc3c2)c1N. The number of nitrogen functional groups attached to an aromatic ring is 1. The summed E-state index contributed by atoms with van der Waals surface area (Å²) in [6, 6.07) is 9.58. The number of hydrogen-bond acceptors (Lipinski definition) is 6. The molecule has 0 saturated carbocycles. The summed E-state index contributed by atoms with van der Waals surface area (Å²) in [6.45, 7) is 0. The highest BCUT2D eigenvalue weighted by atomic mass is 32.1. The predicted molar refractivity (Wildman–Crippen MR) is 85.1 cm³/mol. The number of ether oxygens (including phenoxy) is 1. The van der Waals surface area contributed by atoms with Crippen LogP contribution in [0.5, 0.6) is 0 Å². The summed E-state index contributed by atoms with van der Waals surface area (Å²) >= 11 is 1.69. The third-order valence-electron chi connectivity index (χ3n) is 3.11. The molecule has 0 aliphatic rings. The number of methoxy groups -OCH3 is 1. The Labute approximate surface area is 125 Å². The number of anilines is 3. The highest BCUT2D eigenvalue weighted by Gasteiger charge is 2.14. The smallest absolute Gasteiger partial charge is 0.340 e. The third kappa shape index (κ3) is 2.53. The van der Waals surface area contributed by atoms with Gasteiger partial charge < -0.3 is 15.8 Å². The Balaban J connectivity index is 1.95. The second-order valence-corrected chi connectivity index (χ2v) is 5.36. The van der Waals surface area contributed by atoms with Crippen molar-refractivity contribution in [3.63, 3.8) is 0 Å². The van der Waals surface area contributed by atoms with E-state index in [0.717, 1.165) is 11.1 Å². The number of hydrogen-bond donors (Lipinski definition) is 2. The first-order valence-electron chi connectivity index (χ1n) is 6.26.